The number of likely N-dealkylation sites (tertiary alicyclic amines) is 1. The standard InChI is InChI=1S/C18H26N2O5/c1-3-4-7-19-17(23)13-6-5-8-20(10-13)18(24)16-12(2)11-25-14(16)9-15(21)22/h11,13H,3-10H2,1-2H3,(H,19,23)(H,21,22). The molecule has 2 amide bonds. The van der Waals surface area contributed by atoms with Crippen LogP contribution in [0.5, 0.6) is 0 Å². The highest BCUT2D eigenvalue weighted by molar-refractivity contribution is 5.97. The molecule has 0 spiro atoms. The summed E-state index contributed by atoms with van der Waals surface area (Å²) in [4.78, 5) is 37.7. The van der Waals surface area contributed by atoms with Crippen LogP contribution >= 0.6 is 0 Å². The Morgan fingerprint density at radius 2 is 2.16 bits per heavy atom. The first kappa shape index (κ1) is 19.0. The van der Waals surface area contributed by atoms with Crippen molar-refractivity contribution >= 4 is 17.8 Å². The summed E-state index contributed by atoms with van der Waals surface area (Å²) in [7, 11) is 0. The number of rotatable bonds is 7. The molecule has 138 valence electrons. The lowest BCUT2D eigenvalue weighted by Crippen LogP contribution is -2.45. The average molecular weight is 350 g/mol. The van der Waals surface area contributed by atoms with Gasteiger partial charge in [0.05, 0.1) is 17.7 Å². The molecule has 1 aromatic heterocycles. The first-order valence-electron chi connectivity index (χ1n) is 8.79. The third kappa shape index (κ3) is 4.84. The van der Waals surface area contributed by atoms with E-state index in [1.165, 1.54) is 6.26 Å². The average Bonchev–Trinajstić information content (AvgIpc) is 2.94. The number of piperidine rings is 1. The maximum absolute atomic E-state index is 12.9. The highest BCUT2D eigenvalue weighted by Crippen LogP contribution is 2.24. The molecule has 7 nitrogen and oxygen atoms in total. The Balaban J connectivity index is 2.06. The summed E-state index contributed by atoms with van der Waals surface area (Å²) in [6.45, 7) is 5.36. The van der Waals surface area contributed by atoms with Gasteiger partial charge in [-0.2, -0.15) is 0 Å². The zero-order valence-corrected chi connectivity index (χ0v) is 14.8. The molecule has 1 atom stereocenters. The fraction of sp³-hybridized carbons (Fsp3) is 0.611. The smallest absolute Gasteiger partial charge is 0.311 e. The van der Waals surface area contributed by atoms with Crippen LogP contribution in [0, 0.1) is 12.8 Å². The van der Waals surface area contributed by atoms with E-state index >= 15 is 0 Å². The Labute approximate surface area is 147 Å². The molecule has 0 saturated carbocycles. The summed E-state index contributed by atoms with van der Waals surface area (Å²) in [6, 6.07) is 0. The molecular formula is C18H26N2O5. The lowest BCUT2D eigenvalue weighted by Gasteiger charge is -2.32. The number of carboxylic acids is 1. The number of aryl methyl sites for hydroxylation is 1. The van der Waals surface area contributed by atoms with Crippen LogP contribution in [0.25, 0.3) is 0 Å². The molecule has 0 aliphatic carbocycles. The van der Waals surface area contributed by atoms with Crippen LogP contribution in [0.4, 0.5) is 0 Å². The molecular weight excluding hydrogens is 324 g/mol. The summed E-state index contributed by atoms with van der Waals surface area (Å²) in [6.07, 6.45) is 4.54. The number of carboxylic acid groups (broad SMARTS) is 1. The van der Waals surface area contributed by atoms with Gasteiger partial charge in [-0.05, 0) is 26.2 Å². The van der Waals surface area contributed by atoms with E-state index in [0.717, 1.165) is 25.7 Å². The number of hydrogen-bond acceptors (Lipinski definition) is 4. The number of furan rings is 1. The van der Waals surface area contributed by atoms with Gasteiger partial charge in [-0.15, -0.1) is 0 Å². The first-order chi connectivity index (χ1) is 11.9. The van der Waals surface area contributed by atoms with Crippen LogP contribution in [0.2, 0.25) is 0 Å². The molecule has 2 N–H and O–H groups in total. The first-order valence-corrected chi connectivity index (χ1v) is 8.79. The van der Waals surface area contributed by atoms with Crippen LogP contribution in [0.15, 0.2) is 10.7 Å². The SMILES string of the molecule is CCCCNC(=O)C1CCCN(C(=O)c2c(C)coc2CC(=O)O)C1. The van der Waals surface area contributed by atoms with Crippen LogP contribution in [0.3, 0.4) is 0 Å². The van der Waals surface area contributed by atoms with E-state index in [4.69, 9.17) is 9.52 Å². The molecule has 7 heteroatoms. The van der Waals surface area contributed by atoms with Gasteiger partial charge in [-0.1, -0.05) is 13.3 Å². The van der Waals surface area contributed by atoms with Gasteiger partial charge in [0.25, 0.3) is 5.91 Å². The minimum Gasteiger partial charge on any atom is -0.481 e. The highest BCUT2D eigenvalue weighted by atomic mass is 16.4. The number of amides is 2. The van der Waals surface area contributed by atoms with Crippen LogP contribution in [0.1, 0.15) is 54.3 Å². The lowest BCUT2D eigenvalue weighted by atomic mass is 9.96. The van der Waals surface area contributed by atoms with E-state index in [0.29, 0.717) is 30.8 Å². The zero-order chi connectivity index (χ0) is 18.4. The van der Waals surface area contributed by atoms with Crippen molar-refractivity contribution in [3.8, 4) is 0 Å². The van der Waals surface area contributed by atoms with Gasteiger partial charge in [0.2, 0.25) is 5.91 Å². The van der Waals surface area contributed by atoms with Crippen molar-refractivity contribution in [1.82, 2.24) is 10.2 Å². The molecule has 0 radical (unpaired) electrons. The van der Waals surface area contributed by atoms with Gasteiger partial charge in [0, 0.05) is 25.2 Å². The fourth-order valence-electron chi connectivity index (χ4n) is 3.12. The minimum atomic E-state index is -1.05. The molecule has 2 rings (SSSR count). The molecule has 0 bridgehead atoms. The van der Waals surface area contributed by atoms with Crippen molar-refractivity contribution in [2.45, 2.75) is 46.0 Å². The molecule has 0 aromatic carbocycles. The van der Waals surface area contributed by atoms with E-state index in [2.05, 4.69) is 12.2 Å². The normalized spacial score (nSPS) is 17.4. The van der Waals surface area contributed by atoms with Gasteiger partial charge in [0.1, 0.15) is 12.2 Å². The zero-order valence-electron chi connectivity index (χ0n) is 14.8. The molecule has 2 heterocycles. The van der Waals surface area contributed by atoms with Crippen LogP contribution in [-0.4, -0.2) is 47.4 Å². The van der Waals surface area contributed by atoms with Crippen molar-refractivity contribution < 1.29 is 23.9 Å². The monoisotopic (exact) mass is 350 g/mol. The number of unbranched alkanes of at least 4 members (excludes halogenated alkanes) is 1. The molecule has 25 heavy (non-hydrogen) atoms. The Kier molecular flexibility index (Phi) is 6.61. The van der Waals surface area contributed by atoms with Crippen LogP contribution < -0.4 is 5.32 Å². The van der Waals surface area contributed by atoms with Crippen molar-refractivity contribution in [3.05, 3.63) is 23.2 Å². The van der Waals surface area contributed by atoms with E-state index < -0.39 is 5.97 Å². The second-order valence-electron chi connectivity index (χ2n) is 6.52. The molecule has 1 unspecified atom stereocenters. The largest absolute Gasteiger partial charge is 0.481 e. The number of aliphatic carboxylic acids is 1. The summed E-state index contributed by atoms with van der Waals surface area (Å²) in [5, 5.41) is 11.9. The topological polar surface area (TPSA) is 99.9 Å². The van der Waals surface area contributed by atoms with Crippen LogP contribution in [-0.2, 0) is 16.0 Å². The highest BCUT2D eigenvalue weighted by Gasteiger charge is 2.31. The van der Waals surface area contributed by atoms with Gasteiger partial charge >= 0.3 is 5.97 Å². The van der Waals surface area contributed by atoms with Crippen molar-refractivity contribution in [3.63, 3.8) is 0 Å². The van der Waals surface area contributed by atoms with Gasteiger partial charge in [-0.25, -0.2) is 0 Å². The fourth-order valence-corrected chi connectivity index (χ4v) is 3.12. The summed E-state index contributed by atoms with van der Waals surface area (Å²) < 4.78 is 5.25. The van der Waals surface area contributed by atoms with E-state index in [1.54, 1.807) is 11.8 Å². The maximum Gasteiger partial charge on any atom is 0.311 e. The van der Waals surface area contributed by atoms with Gasteiger partial charge in [-0.3, -0.25) is 14.4 Å². The molecule has 1 saturated heterocycles. The maximum atomic E-state index is 12.9. The number of carbonyl (C=O) groups is 3. The Morgan fingerprint density at radius 1 is 1.40 bits per heavy atom. The van der Waals surface area contributed by atoms with Crippen molar-refractivity contribution in [1.29, 1.82) is 0 Å². The summed E-state index contributed by atoms with van der Waals surface area (Å²) >= 11 is 0. The van der Waals surface area contributed by atoms with Gasteiger partial charge in [0.15, 0.2) is 0 Å². The second kappa shape index (κ2) is 8.69. The molecule has 1 aliphatic rings. The lowest BCUT2D eigenvalue weighted by molar-refractivity contribution is -0.136. The van der Waals surface area contributed by atoms with Crippen molar-refractivity contribution in [2.75, 3.05) is 19.6 Å². The second-order valence-corrected chi connectivity index (χ2v) is 6.52. The number of nitrogens with zero attached hydrogens (tertiary/aromatic N) is 1. The summed E-state index contributed by atoms with van der Waals surface area (Å²) in [5.41, 5.74) is 0.935. The van der Waals surface area contributed by atoms with E-state index in [9.17, 15) is 14.4 Å². The van der Waals surface area contributed by atoms with E-state index in [-0.39, 0.29) is 29.9 Å². The predicted octanol–water partition coefficient (Wildman–Crippen LogP) is 1.98. The Bertz CT molecular complexity index is 637. The number of hydrogen-bond donors (Lipinski definition) is 2. The Hall–Kier alpha value is -2.31. The van der Waals surface area contributed by atoms with Crippen molar-refractivity contribution in [2.24, 2.45) is 5.92 Å². The Morgan fingerprint density at radius 3 is 2.84 bits per heavy atom. The molecule has 1 aromatic rings. The summed E-state index contributed by atoms with van der Waals surface area (Å²) in [5.74, 6) is -1.36. The third-order valence-electron chi connectivity index (χ3n) is 4.49. The van der Waals surface area contributed by atoms with E-state index in [1.807, 2.05) is 0 Å². The predicted molar refractivity (Wildman–Crippen MR) is 91.3 cm³/mol. The quantitative estimate of drug-likeness (QED) is 0.733. The number of carbonyl (C=O) groups excluding carboxylic acids is 2. The number of nitrogens with one attached hydrogen (secondary N) is 1. The molecule has 1 fully saturated rings. The minimum absolute atomic E-state index is 0.0133. The van der Waals surface area contributed by atoms with Gasteiger partial charge < -0.3 is 19.7 Å². The molecule has 1 aliphatic heterocycles. The third-order valence-corrected chi connectivity index (χ3v) is 4.49.